The molecule has 0 spiro atoms. The van der Waals surface area contributed by atoms with Crippen LogP contribution in [0.3, 0.4) is 0 Å². The lowest BCUT2D eigenvalue weighted by atomic mass is 9.95. The van der Waals surface area contributed by atoms with Gasteiger partial charge in [0.25, 0.3) is 0 Å². The first-order chi connectivity index (χ1) is 11.2. The van der Waals surface area contributed by atoms with Crippen molar-refractivity contribution < 1.29 is 14.2 Å². The Morgan fingerprint density at radius 3 is 2.46 bits per heavy atom. The van der Waals surface area contributed by atoms with Crippen LogP contribution in [0.5, 0.6) is 11.5 Å². The maximum Gasteiger partial charge on any atom is 0.231 e. The molecule has 0 saturated heterocycles. The number of fused-ring (bicyclic) bond motifs is 2. The fraction of sp³-hybridized carbons (Fsp3) is 0.176. The Kier molecular flexibility index (Phi) is 4.31. The van der Waals surface area contributed by atoms with Gasteiger partial charge in [0.2, 0.25) is 12.7 Å². The number of rotatable bonds is 1. The van der Waals surface area contributed by atoms with Crippen LogP contribution in [0.1, 0.15) is 16.7 Å². The predicted molar refractivity (Wildman–Crippen MR) is 94.5 cm³/mol. The monoisotopic (exact) mass is 345 g/mol. The van der Waals surface area contributed by atoms with E-state index >= 15 is 0 Å². The van der Waals surface area contributed by atoms with Crippen LogP contribution in [-0.2, 0) is 11.2 Å². The lowest BCUT2D eigenvalue weighted by molar-refractivity contribution is 0.174. The van der Waals surface area contributed by atoms with Crippen molar-refractivity contribution in [3.8, 4) is 11.5 Å². The van der Waals surface area contributed by atoms with E-state index in [1.807, 2.05) is 36.4 Å². The van der Waals surface area contributed by atoms with Gasteiger partial charge in [-0.15, -0.1) is 22.6 Å². The van der Waals surface area contributed by atoms with Crippen LogP contribution in [0.2, 0.25) is 0 Å². The molecule has 2 aliphatic rings. The minimum Gasteiger partial charge on any atom is -0.483 e. The summed E-state index contributed by atoms with van der Waals surface area (Å²) in [6.45, 7) is 0.234. The van der Waals surface area contributed by atoms with Gasteiger partial charge in [-0.2, -0.15) is 0 Å². The summed E-state index contributed by atoms with van der Waals surface area (Å²) in [5, 5.41) is 8.59. The third-order valence-electron chi connectivity index (χ3n) is 3.88. The van der Waals surface area contributed by atoms with Gasteiger partial charge in [-0.05, 0) is 29.8 Å². The number of halogens is 1. The molecule has 4 rings (SSSR count). The molecule has 0 amide bonds. The maximum atomic E-state index is 5.78. The maximum absolute atomic E-state index is 5.78. The molecule has 0 atom stereocenters. The fourth-order valence-corrected chi connectivity index (χ4v) is 2.68. The van der Waals surface area contributed by atoms with Gasteiger partial charge in [0.15, 0.2) is 11.5 Å². The van der Waals surface area contributed by atoms with Crippen LogP contribution < -0.4 is 15.2 Å². The lowest BCUT2D eigenvalue weighted by Gasteiger charge is -2.11. The molecular formula is C17H16ClN3O3. The molecular weight excluding hydrogens is 330 g/mol. The third-order valence-corrected chi connectivity index (χ3v) is 3.88. The Balaban J connectivity index is 0.00000169. The Morgan fingerprint density at radius 2 is 1.75 bits per heavy atom. The number of nitrogens with two attached hydrogens (primary N) is 1. The van der Waals surface area contributed by atoms with Crippen molar-refractivity contribution in [3.63, 3.8) is 0 Å². The Morgan fingerprint density at radius 1 is 1.04 bits per heavy atom. The van der Waals surface area contributed by atoms with Gasteiger partial charge in [0.05, 0.1) is 13.5 Å². The van der Waals surface area contributed by atoms with E-state index < -0.39 is 0 Å². The number of hydrogen-bond acceptors (Lipinski definition) is 6. The number of hydrogen-bond donors (Lipinski definition) is 1. The van der Waals surface area contributed by atoms with E-state index in [2.05, 4.69) is 10.2 Å². The van der Waals surface area contributed by atoms with Gasteiger partial charge in [0, 0.05) is 16.8 Å². The number of ether oxygens (including phenoxy) is 3. The van der Waals surface area contributed by atoms with E-state index in [9.17, 15) is 0 Å². The summed E-state index contributed by atoms with van der Waals surface area (Å²) in [7, 11) is 1.59. The quantitative estimate of drug-likeness (QED) is 0.806. The second kappa shape index (κ2) is 6.41. The molecule has 0 aromatic heterocycles. The second-order valence-electron chi connectivity index (χ2n) is 5.31. The SMILES string of the molecule is COC1=NN=C(c2ccc(N)cc2)c2cc3c(cc2C1)OCO3.Cl. The van der Waals surface area contributed by atoms with Crippen LogP contribution in [0.25, 0.3) is 0 Å². The molecule has 2 aliphatic heterocycles. The van der Waals surface area contributed by atoms with Gasteiger partial charge >= 0.3 is 0 Å². The molecule has 0 bridgehead atoms. The van der Waals surface area contributed by atoms with Crippen LogP contribution in [0.4, 0.5) is 5.69 Å². The van der Waals surface area contributed by atoms with Crippen molar-refractivity contribution in [1.82, 2.24) is 0 Å². The first-order valence-electron chi connectivity index (χ1n) is 7.22. The molecule has 0 aliphatic carbocycles. The minimum absolute atomic E-state index is 0. The molecule has 24 heavy (non-hydrogen) atoms. The third kappa shape index (κ3) is 2.76. The van der Waals surface area contributed by atoms with Crippen LogP contribution in [0.15, 0.2) is 46.6 Å². The van der Waals surface area contributed by atoms with Gasteiger partial charge in [-0.3, -0.25) is 0 Å². The molecule has 124 valence electrons. The molecule has 2 N–H and O–H groups in total. The Bertz CT molecular complexity index is 832. The molecule has 0 radical (unpaired) electrons. The average Bonchev–Trinajstić information content (AvgIpc) is 2.94. The van der Waals surface area contributed by atoms with Crippen LogP contribution >= 0.6 is 12.4 Å². The Hall–Kier alpha value is -2.73. The normalized spacial score (nSPS) is 14.7. The van der Waals surface area contributed by atoms with Crippen molar-refractivity contribution in [3.05, 3.63) is 53.1 Å². The highest BCUT2D eigenvalue weighted by molar-refractivity contribution is 6.15. The molecule has 0 unspecified atom stereocenters. The largest absolute Gasteiger partial charge is 0.483 e. The van der Waals surface area contributed by atoms with E-state index in [1.165, 1.54) is 0 Å². The van der Waals surface area contributed by atoms with Gasteiger partial charge in [0.1, 0.15) is 5.71 Å². The summed E-state index contributed by atoms with van der Waals surface area (Å²) in [5.41, 5.74) is 10.1. The second-order valence-corrected chi connectivity index (χ2v) is 5.31. The summed E-state index contributed by atoms with van der Waals surface area (Å²) < 4.78 is 16.3. The molecule has 6 nitrogen and oxygen atoms in total. The topological polar surface area (TPSA) is 78.4 Å². The molecule has 0 fully saturated rings. The van der Waals surface area contributed by atoms with Crippen LogP contribution in [-0.4, -0.2) is 25.5 Å². The zero-order chi connectivity index (χ0) is 15.8. The van der Waals surface area contributed by atoms with Crippen molar-refractivity contribution in [1.29, 1.82) is 0 Å². The van der Waals surface area contributed by atoms with E-state index in [1.54, 1.807) is 7.11 Å². The average molecular weight is 346 g/mol. The highest BCUT2D eigenvalue weighted by atomic mass is 35.5. The number of nitrogen functional groups attached to an aromatic ring is 1. The molecule has 2 aromatic carbocycles. The van der Waals surface area contributed by atoms with E-state index in [0.717, 1.165) is 28.2 Å². The number of methoxy groups -OCH3 is 1. The first kappa shape index (κ1) is 16.1. The molecule has 2 heterocycles. The van der Waals surface area contributed by atoms with Crippen molar-refractivity contribution in [2.24, 2.45) is 10.2 Å². The van der Waals surface area contributed by atoms with Gasteiger partial charge in [-0.1, -0.05) is 12.1 Å². The van der Waals surface area contributed by atoms with E-state index in [0.29, 0.717) is 23.8 Å². The molecule has 2 aromatic rings. The number of benzene rings is 2. The van der Waals surface area contributed by atoms with Crippen molar-refractivity contribution in [2.75, 3.05) is 19.6 Å². The summed E-state index contributed by atoms with van der Waals surface area (Å²) >= 11 is 0. The van der Waals surface area contributed by atoms with E-state index in [4.69, 9.17) is 19.9 Å². The summed E-state index contributed by atoms with van der Waals surface area (Å²) in [6, 6.07) is 11.4. The highest BCUT2D eigenvalue weighted by Gasteiger charge is 2.23. The summed E-state index contributed by atoms with van der Waals surface area (Å²) in [6.07, 6.45) is 0.546. The fourth-order valence-electron chi connectivity index (χ4n) is 2.68. The van der Waals surface area contributed by atoms with Crippen LogP contribution in [0, 0.1) is 0 Å². The highest BCUT2D eigenvalue weighted by Crippen LogP contribution is 2.36. The lowest BCUT2D eigenvalue weighted by Crippen LogP contribution is -2.08. The number of nitrogens with zero attached hydrogens (tertiary/aromatic N) is 2. The summed E-state index contributed by atoms with van der Waals surface area (Å²) in [5.74, 6) is 2.00. The van der Waals surface area contributed by atoms with Crippen molar-refractivity contribution in [2.45, 2.75) is 6.42 Å². The zero-order valence-electron chi connectivity index (χ0n) is 13.0. The van der Waals surface area contributed by atoms with E-state index in [-0.39, 0.29) is 19.2 Å². The molecule has 7 heteroatoms. The number of anilines is 1. The molecule has 0 saturated carbocycles. The smallest absolute Gasteiger partial charge is 0.231 e. The zero-order valence-corrected chi connectivity index (χ0v) is 13.8. The Labute approximate surface area is 145 Å². The van der Waals surface area contributed by atoms with Crippen molar-refractivity contribution >= 4 is 29.7 Å². The summed E-state index contributed by atoms with van der Waals surface area (Å²) in [4.78, 5) is 0. The predicted octanol–water partition coefficient (Wildman–Crippen LogP) is 2.77. The standard InChI is InChI=1S/C17H15N3O3.ClH/c1-21-16-7-11-6-14-15(23-9-22-14)8-13(11)17(20-19-16)10-2-4-12(18)5-3-10;/h2-6,8H,7,9,18H2,1H3;1H. The van der Waals surface area contributed by atoms with Gasteiger partial charge < -0.3 is 19.9 Å². The minimum atomic E-state index is 0. The van der Waals surface area contributed by atoms with Gasteiger partial charge in [-0.25, -0.2) is 0 Å². The first-order valence-corrected chi connectivity index (χ1v) is 7.22.